The summed E-state index contributed by atoms with van der Waals surface area (Å²) in [6, 6.07) is 0. The second-order valence-electron chi connectivity index (χ2n) is 6.69. The Kier molecular flexibility index (Phi) is 3.17. The van der Waals surface area contributed by atoms with Crippen LogP contribution >= 0.6 is 0 Å². The zero-order valence-electron chi connectivity index (χ0n) is 13.0. The van der Waals surface area contributed by atoms with Gasteiger partial charge < -0.3 is 4.74 Å². The van der Waals surface area contributed by atoms with Gasteiger partial charge in [-0.15, -0.1) is 0 Å². The Hall–Kier alpha value is -0.960. The molecule has 3 aliphatic rings. The first-order valence-corrected chi connectivity index (χ1v) is 9.30. The number of aryl methyl sites for hydroxylation is 1. The van der Waals surface area contributed by atoms with Gasteiger partial charge in [-0.2, -0.15) is 9.40 Å². The fourth-order valence-electron chi connectivity index (χ4n) is 4.27. The fourth-order valence-corrected chi connectivity index (χ4v) is 6.59. The molecule has 0 saturated carbocycles. The quantitative estimate of drug-likeness (QED) is 0.769. The van der Waals surface area contributed by atoms with Crippen LogP contribution in [0.25, 0.3) is 0 Å². The van der Waals surface area contributed by atoms with Crippen molar-refractivity contribution in [3.8, 4) is 0 Å². The summed E-state index contributed by atoms with van der Waals surface area (Å²) < 4.78 is 34.8. The third kappa shape index (κ3) is 2.05. The van der Waals surface area contributed by atoms with Crippen molar-refractivity contribution in [2.24, 2.45) is 7.05 Å². The van der Waals surface area contributed by atoms with Gasteiger partial charge in [-0.05, 0) is 6.42 Å². The van der Waals surface area contributed by atoms with Gasteiger partial charge in [-0.25, -0.2) is 8.42 Å². The van der Waals surface area contributed by atoms with Crippen LogP contribution < -0.4 is 0 Å². The summed E-state index contributed by atoms with van der Waals surface area (Å²) >= 11 is 0. The summed E-state index contributed by atoms with van der Waals surface area (Å²) in [6.07, 6.45) is 4.54. The largest absolute Gasteiger partial charge is 0.366 e. The maximum atomic E-state index is 12.6. The second-order valence-corrected chi connectivity index (χ2v) is 8.81. The van der Waals surface area contributed by atoms with Crippen LogP contribution in [-0.4, -0.2) is 70.5 Å². The van der Waals surface area contributed by atoms with Crippen LogP contribution in [0.2, 0.25) is 0 Å². The third-order valence-electron chi connectivity index (χ3n) is 5.10. The molecule has 0 radical (unpaired) electrons. The van der Waals surface area contributed by atoms with Crippen LogP contribution in [0, 0.1) is 0 Å². The molecule has 1 aromatic heterocycles. The highest BCUT2D eigenvalue weighted by Crippen LogP contribution is 2.46. The number of morpholine rings is 1. The number of fused-ring (bicyclic) bond motifs is 1. The zero-order valence-corrected chi connectivity index (χ0v) is 13.8. The van der Waals surface area contributed by atoms with E-state index in [0.29, 0.717) is 26.1 Å². The lowest BCUT2D eigenvalue weighted by atomic mass is 9.99. The van der Waals surface area contributed by atoms with E-state index in [2.05, 4.69) is 10.00 Å². The van der Waals surface area contributed by atoms with Crippen LogP contribution in [0.15, 0.2) is 12.4 Å². The molecule has 3 atom stereocenters. The highest BCUT2D eigenvalue weighted by molar-refractivity contribution is 7.90. The van der Waals surface area contributed by atoms with Crippen LogP contribution in [0.5, 0.6) is 0 Å². The first kappa shape index (κ1) is 14.6. The molecule has 3 saturated heterocycles. The molecule has 0 amide bonds. The van der Waals surface area contributed by atoms with E-state index in [4.69, 9.17) is 4.74 Å². The zero-order chi connectivity index (χ0) is 15.5. The van der Waals surface area contributed by atoms with Crippen LogP contribution in [-0.2, 0) is 28.4 Å². The lowest BCUT2D eigenvalue weighted by Gasteiger charge is -2.39. The molecule has 0 unspecified atom stereocenters. The Bertz CT molecular complexity index is 688. The van der Waals surface area contributed by atoms with Gasteiger partial charge in [0.1, 0.15) is 10.9 Å². The molecule has 0 N–H and O–H groups in total. The average Bonchev–Trinajstić information content (AvgIpc) is 3.02. The molecule has 7 nitrogen and oxygen atoms in total. The number of hydrogen-bond donors (Lipinski definition) is 0. The molecule has 4 rings (SSSR count). The topological polar surface area (TPSA) is 67.7 Å². The van der Waals surface area contributed by atoms with Gasteiger partial charge in [0.05, 0.1) is 12.3 Å². The van der Waals surface area contributed by atoms with Crippen molar-refractivity contribution in [1.29, 1.82) is 0 Å². The molecule has 3 fully saturated rings. The van der Waals surface area contributed by atoms with Crippen molar-refractivity contribution in [2.45, 2.75) is 36.8 Å². The van der Waals surface area contributed by atoms with Gasteiger partial charge in [0.2, 0.25) is 10.0 Å². The monoisotopic (exact) mass is 326 g/mol. The molecule has 8 heteroatoms. The normalized spacial score (nSPS) is 37.5. The van der Waals surface area contributed by atoms with E-state index < -0.39 is 15.6 Å². The lowest BCUT2D eigenvalue weighted by Crippen LogP contribution is -2.54. The van der Waals surface area contributed by atoms with Crippen molar-refractivity contribution in [1.82, 2.24) is 19.0 Å². The number of hydrogen-bond acceptors (Lipinski definition) is 5. The number of sulfonamides is 1. The molecule has 2 bridgehead atoms. The predicted molar refractivity (Wildman–Crippen MR) is 80.7 cm³/mol. The van der Waals surface area contributed by atoms with Crippen molar-refractivity contribution < 1.29 is 13.2 Å². The Morgan fingerprint density at radius 2 is 2.27 bits per heavy atom. The molecule has 22 heavy (non-hydrogen) atoms. The van der Waals surface area contributed by atoms with Gasteiger partial charge in [-0.1, -0.05) is 6.92 Å². The highest BCUT2D eigenvalue weighted by Gasteiger charge is 2.64. The number of rotatable bonds is 3. The van der Waals surface area contributed by atoms with E-state index in [1.54, 1.807) is 8.99 Å². The standard InChI is InChI=1S/C14H22N4O3S/c1-3-18-10-14-9-17(7-11-5-15-16(2)6-11)8-12(21-14)4-13(14)22(18,19)20/h5-6,12-13H,3-4,7-10H2,1-2H3/t12-,13+,14+/m0/s1. The van der Waals surface area contributed by atoms with Gasteiger partial charge in [0.15, 0.2) is 0 Å². The molecule has 3 aliphatic heterocycles. The fraction of sp³-hybridized carbons (Fsp3) is 0.786. The van der Waals surface area contributed by atoms with Crippen molar-refractivity contribution in [3.05, 3.63) is 18.0 Å². The molecule has 1 spiro atoms. The van der Waals surface area contributed by atoms with E-state index in [0.717, 1.165) is 18.7 Å². The number of likely N-dealkylation sites (tertiary alicyclic amines) is 1. The molecule has 122 valence electrons. The van der Waals surface area contributed by atoms with Crippen LogP contribution in [0.1, 0.15) is 18.9 Å². The number of nitrogens with zero attached hydrogens (tertiary/aromatic N) is 4. The average molecular weight is 326 g/mol. The van der Waals surface area contributed by atoms with E-state index in [9.17, 15) is 8.42 Å². The summed E-state index contributed by atoms with van der Waals surface area (Å²) in [5.41, 5.74) is 0.616. The second kappa shape index (κ2) is 4.77. The van der Waals surface area contributed by atoms with Crippen molar-refractivity contribution in [3.63, 3.8) is 0 Å². The summed E-state index contributed by atoms with van der Waals surface area (Å²) in [5, 5.41) is 3.83. The number of likely N-dealkylation sites (N-methyl/N-ethyl adjacent to an activating group) is 1. The van der Waals surface area contributed by atoms with Gasteiger partial charge in [-0.3, -0.25) is 9.58 Å². The molecule has 1 aromatic rings. The summed E-state index contributed by atoms with van der Waals surface area (Å²) in [4.78, 5) is 2.32. The van der Waals surface area contributed by atoms with E-state index in [-0.39, 0.29) is 11.4 Å². The number of aromatic nitrogens is 2. The van der Waals surface area contributed by atoms with Gasteiger partial charge in [0, 0.05) is 51.5 Å². The maximum Gasteiger partial charge on any atom is 0.220 e. The van der Waals surface area contributed by atoms with Gasteiger partial charge in [0.25, 0.3) is 0 Å². The minimum Gasteiger partial charge on any atom is -0.366 e. The highest BCUT2D eigenvalue weighted by atomic mass is 32.2. The summed E-state index contributed by atoms with van der Waals surface area (Å²) in [5.74, 6) is 0. The Morgan fingerprint density at radius 1 is 1.45 bits per heavy atom. The van der Waals surface area contributed by atoms with Crippen molar-refractivity contribution >= 4 is 10.0 Å². The first-order chi connectivity index (χ1) is 10.4. The van der Waals surface area contributed by atoms with Crippen LogP contribution in [0.4, 0.5) is 0 Å². The molecule has 4 heterocycles. The van der Waals surface area contributed by atoms with Crippen molar-refractivity contribution in [2.75, 3.05) is 26.2 Å². The van der Waals surface area contributed by atoms with E-state index in [1.165, 1.54) is 0 Å². The SMILES string of the molecule is CCN1C[C@]23CN(Cc4cnn(C)c4)C[C@H](C[C@H]2S1(=O)=O)O3. The molecular weight excluding hydrogens is 304 g/mol. The molecule has 0 aromatic carbocycles. The third-order valence-corrected chi connectivity index (χ3v) is 7.55. The smallest absolute Gasteiger partial charge is 0.220 e. The summed E-state index contributed by atoms with van der Waals surface area (Å²) in [6.45, 7) is 5.19. The Labute approximate surface area is 130 Å². The van der Waals surface area contributed by atoms with E-state index >= 15 is 0 Å². The van der Waals surface area contributed by atoms with Crippen LogP contribution in [0.3, 0.4) is 0 Å². The minimum absolute atomic E-state index is 0.0317. The predicted octanol–water partition coefficient (Wildman–Crippen LogP) is -0.203. The Morgan fingerprint density at radius 3 is 2.95 bits per heavy atom. The number of ether oxygens (including phenoxy) is 1. The molecule has 0 aliphatic carbocycles. The summed E-state index contributed by atoms with van der Waals surface area (Å²) in [7, 11) is -1.30. The minimum atomic E-state index is -3.21. The van der Waals surface area contributed by atoms with E-state index in [1.807, 2.05) is 26.4 Å². The maximum absolute atomic E-state index is 12.6. The van der Waals surface area contributed by atoms with Gasteiger partial charge >= 0.3 is 0 Å². The molecular formula is C14H22N4O3S. The first-order valence-electron chi connectivity index (χ1n) is 7.79. The lowest BCUT2D eigenvalue weighted by molar-refractivity contribution is -0.109. The Balaban J connectivity index is 1.58.